The largest absolute Gasteiger partial charge is 0.192 e. The summed E-state index contributed by atoms with van der Waals surface area (Å²) in [5.74, 6) is 0. The molecule has 0 aliphatic carbocycles. The van der Waals surface area contributed by atoms with Crippen molar-refractivity contribution in [3.05, 3.63) is 31.1 Å². The van der Waals surface area contributed by atoms with Crippen LogP contribution in [0.4, 0.5) is 0 Å². The highest BCUT2D eigenvalue weighted by atomic mass is 127. The Morgan fingerprint density at radius 3 is 2.92 bits per heavy atom. The van der Waals surface area contributed by atoms with Crippen LogP contribution in [0.25, 0.3) is 10.1 Å². The first-order valence-electron chi connectivity index (χ1n) is 3.50. The molecule has 0 saturated heterocycles. The first-order chi connectivity index (χ1) is 6.22. The molecule has 0 atom stereocenters. The molecule has 1 nitrogen and oxygen atoms in total. The molecule has 64 valence electrons. The number of hydrogen-bond donors (Lipinski definition) is 0. The molecular weight excluding hydrogens is 361 g/mol. The summed E-state index contributed by atoms with van der Waals surface area (Å²) < 4.78 is 3.42. The molecule has 0 aliphatic heterocycles. The quantitative estimate of drug-likeness (QED) is 0.645. The van der Waals surface area contributed by atoms with Crippen molar-refractivity contribution in [3.63, 3.8) is 0 Å². The molecule has 13 heavy (non-hydrogen) atoms. The number of rotatable bonds is 0. The van der Waals surface area contributed by atoms with Crippen LogP contribution in [0.5, 0.6) is 0 Å². The van der Waals surface area contributed by atoms with Crippen molar-refractivity contribution < 1.29 is 0 Å². The normalized spacial score (nSPS) is 10.2. The van der Waals surface area contributed by atoms with E-state index in [-0.39, 0.29) is 0 Å². The maximum absolute atomic E-state index is 8.74. The maximum Gasteiger partial charge on any atom is 0.110 e. The van der Waals surface area contributed by atoms with Gasteiger partial charge in [-0.3, -0.25) is 0 Å². The minimum Gasteiger partial charge on any atom is -0.192 e. The monoisotopic (exact) mass is 363 g/mol. The van der Waals surface area contributed by atoms with Gasteiger partial charge in [-0.2, -0.15) is 5.26 Å². The van der Waals surface area contributed by atoms with Gasteiger partial charge in [-0.1, -0.05) is 0 Å². The standard InChI is InChI=1S/C9H3BrINS/c10-9-6-3-5(4-12)13-8(6)2-1-7(9)11/h1-3H. The molecule has 0 saturated carbocycles. The first-order valence-corrected chi connectivity index (χ1v) is 6.19. The molecule has 0 N–H and O–H groups in total. The minimum atomic E-state index is 0.762. The molecule has 0 unspecified atom stereocenters. The van der Waals surface area contributed by atoms with Gasteiger partial charge in [-0.15, -0.1) is 11.3 Å². The van der Waals surface area contributed by atoms with E-state index in [9.17, 15) is 0 Å². The Kier molecular flexibility index (Phi) is 2.58. The van der Waals surface area contributed by atoms with Crippen molar-refractivity contribution in [1.82, 2.24) is 0 Å². The molecule has 4 heteroatoms. The van der Waals surface area contributed by atoms with Gasteiger partial charge in [0.1, 0.15) is 10.9 Å². The fourth-order valence-corrected chi connectivity index (χ4v) is 3.03. The zero-order valence-electron chi connectivity index (χ0n) is 6.34. The van der Waals surface area contributed by atoms with Crippen LogP contribution in [-0.2, 0) is 0 Å². The van der Waals surface area contributed by atoms with Crippen LogP contribution in [0, 0.1) is 14.9 Å². The molecule has 0 spiro atoms. The number of fused-ring (bicyclic) bond motifs is 1. The molecule has 0 bridgehead atoms. The van der Waals surface area contributed by atoms with Gasteiger partial charge in [0.25, 0.3) is 0 Å². The second-order valence-electron chi connectivity index (χ2n) is 2.50. The second kappa shape index (κ2) is 3.56. The number of hydrogen-bond acceptors (Lipinski definition) is 2. The van der Waals surface area contributed by atoms with E-state index in [1.807, 2.05) is 18.2 Å². The number of thiophene rings is 1. The lowest BCUT2D eigenvalue weighted by Gasteiger charge is -1.95. The van der Waals surface area contributed by atoms with Gasteiger partial charge in [0.15, 0.2) is 0 Å². The lowest BCUT2D eigenvalue weighted by atomic mass is 10.2. The Hall–Kier alpha value is -0.120. The van der Waals surface area contributed by atoms with Gasteiger partial charge < -0.3 is 0 Å². The van der Waals surface area contributed by atoms with Crippen molar-refractivity contribution in [2.75, 3.05) is 0 Å². The van der Waals surface area contributed by atoms with Crippen molar-refractivity contribution in [3.8, 4) is 6.07 Å². The fraction of sp³-hybridized carbons (Fsp3) is 0. The van der Waals surface area contributed by atoms with Crippen LogP contribution in [0.1, 0.15) is 4.88 Å². The van der Waals surface area contributed by atoms with Crippen molar-refractivity contribution in [1.29, 1.82) is 5.26 Å². The summed E-state index contributed by atoms with van der Waals surface area (Å²) in [5, 5.41) is 9.87. The van der Waals surface area contributed by atoms with Crippen LogP contribution in [0.2, 0.25) is 0 Å². The van der Waals surface area contributed by atoms with Crippen molar-refractivity contribution in [2.45, 2.75) is 0 Å². The third-order valence-corrected chi connectivity index (χ3v) is 5.20. The Labute approximate surface area is 102 Å². The summed E-state index contributed by atoms with van der Waals surface area (Å²) in [6, 6.07) is 8.18. The molecule has 0 radical (unpaired) electrons. The lowest BCUT2D eigenvalue weighted by molar-refractivity contribution is 1.52. The number of nitrogens with zero attached hydrogens (tertiary/aromatic N) is 1. The number of benzene rings is 1. The van der Waals surface area contributed by atoms with Gasteiger partial charge in [0.2, 0.25) is 0 Å². The summed E-state index contributed by atoms with van der Waals surface area (Å²) in [6.07, 6.45) is 0. The predicted molar refractivity (Wildman–Crippen MR) is 67.0 cm³/mol. The lowest BCUT2D eigenvalue weighted by Crippen LogP contribution is -1.72. The van der Waals surface area contributed by atoms with Crippen LogP contribution in [0.3, 0.4) is 0 Å². The van der Waals surface area contributed by atoms with Crippen LogP contribution in [0.15, 0.2) is 22.7 Å². The van der Waals surface area contributed by atoms with Gasteiger partial charge >= 0.3 is 0 Å². The van der Waals surface area contributed by atoms with Crippen molar-refractivity contribution in [2.24, 2.45) is 0 Å². The smallest absolute Gasteiger partial charge is 0.110 e. The molecule has 1 aromatic heterocycles. The average molecular weight is 364 g/mol. The van der Waals surface area contributed by atoms with E-state index in [4.69, 9.17) is 5.26 Å². The van der Waals surface area contributed by atoms with Gasteiger partial charge in [0.05, 0.1) is 0 Å². The number of halogens is 2. The molecular formula is C9H3BrINS. The minimum absolute atomic E-state index is 0.762. The first kappa shape index (κ1) is 9.44. The van der Waals surface area contributed by atoms with E-state index in [1.54, 1.807) is 0 Å². The second-order valence-corrected chi connectivity index (χ2v) is 5.53. The van der Waals surface area contributed by atoms with Gasteiger partial charge in [-0.05, 0) is 56.7 Å². The van der Waals surface area contributed by atoms with Crippen molar-refractivity contribution >= 4 is 59.9 Å². The van der Waals surface area contributed by atoms with E-state index in [2.05, 4.69) is 44.6 Å². The Balaban J connectivity index is 2.86. The predicted octanol–water partition coefficient (Wildman–Crippen LogP) is 4.14. The van der Waals surface area contributed by atoms with Crippen LogP contribution >= 0.6 is 49.9 Å². The molecule has 1 heterocycles. The van der Waals surface area contributed by atoms with E-state index < -0.39 is 0 Å². The zero-order valence-corrected chi connectivity index (χ0v) is 10.9. The maximum atomic E-state index is 8.74. The molecule has 1 aromatic carbocycles. The summed E-state index contributed by atoms with van der Waals surface area (Å²) in [4.78, 5) is 0.762. The Bertz CT molecular complexity index is 512. The van der Waals surface area contributed by atoms with Gasteiger partial charge in [0, 0.05) is 18.1 Å². The summed E-state index contributed by atoms with van der Waals surface area (Å²) in [7, 11) is 0. The molecule has 0 fully saturated rings. The van der Waals surface area contributed by atoms with E-state index in [0.29, 0.717) is 0 Å². The molecule has 0 amide bonds. The highest BCUT2D eigenvalue weighted by Crippen LogP contribution is 2.33. The Morgan fingerprint density at radius 1 is 1.46 bits per heavy atom. The fourth-order valence-electron chi connectivity index (χ4n) is 1.11. The highest BCUT2D eigenvalue weighted by Gasteiger charge is 2.06. The van der Waals surface area contributed by atoms with E-state index >= 15 is 0 Å². The average Bonchev–Trinajstić information content (AvgIpc) is 2.55. The SMILES string of the molecule is N#Cc1cc2c(Br)c(I)ccc2s1. The van der Waals surface area contributed by atoms with E-state index in [1.165, 1.54) is 14.9 Å². The Morgan fingerprint density at radius 2 is 2.23 bits per heavy atom. The molecule has 0 aliphatic rings. The third-order valence-electron chi connectivity index (χ3n) is 1.70. The summed E-state index contributed by atoms with van der Waals surface area (Å²) >= 11 is 7.31. The number of nitriles is 1. The van der Waals surface area contributed by atoms with E-state index in [0.717, 1.165) is 19.4 Å². The third kappa shape index (κ3) is 1.60. The van der Waals surface area contributed by atoms with Crippen LogP contribution in [-0.4, -0.2) is 0 Å². The van der Waals surface area contributed by atoms with Crippen LogP contribution < -0.4 is 0 Å². The summed E-state index contributed by atoms with van der Waals surface area (Å²) in [5.41, 5.74) is 0. The zero-order chi connectivity index (χ0) is 9.42. The topological polar surface area (TPSA) is 23.8 Å². The molecule has 2 rings (SSSR count). The van der Waals surface area contributed by atoms with Gasteiger partial charge in [-0.25, -0.2) is 0 Å². The summed E-state index contributed by atoms with van der Waals surface area (Å²) in [6.45, 7) is 0. The molecule has 2 aromatic rings. The highest BCUT2D eigenvalue weighted by molar-refractivity contribution is 14.1.